The molecule has 0 amide bonds. The zero-order valence-electron chi connectivity index (χ0n) is 10.6. The molecule has 0 saturated carbocycles. The first-order chi connectivity index (χ1) is 9.18. The molecule has 0 spiro atoms. The molecule has 0 aliphatic heterocycles. The summed E-state index contributed by atoms with van der Waals surface area (Å²) in [6.07, 6.45) is 7.97. The zero-order valence-corrected chi connectivity index (χ0v) is 12.2. The highest BCUT2D eigenvalue weighted by Gasteiger charge is 2.15. The monoisotopic (exact) mass is 324 g/mol. The van der Waals surface area contributed by atoms with Crippen molar-refractivity contribution in [3.8, 4) is 0 Å². The van der Waals surface area contributed by atoms with E-state index in [1.54, 1.807) is 6.07 Å². The van der Waals surface area contributed by atoms with Crippen LogP contribution in [0.15, 0.2) is 34.8 Å². The minimum absolute atomic E-state index is 0.125. The van der Waals surface area contributed by atoms with Crippen molar-refractivity contribution in [1.82, 2.24) is 5.32 Å². The summed E-state index contributed by atoms with van der Waals surface area (Å²) in [4.78, 5) is 10.5. The number of nitro groups is 1. The van der Waals surface area contributed by atoms with Crippen molar-refractivity contribution in [2.75, 3.05) is 6.54 Å². The van der Waals surface area contributed by atoms with E-state index >= 15 is 0 Å². The number of hydrogen-bond donors (Lipinski definition) is 1. The normalized spacial score (nSPS) is 18.5. The van der Waals surface area contributed by atoms with E-state index in [9.17, 15) is 10.1 Å². The number of hydrogen-bond acceptors (Lipinski definition) is 3. The summed E-state index contributed by atoms with van der Waals surface area (Å²) in [5, 5.41) is 14.2. The van der Waals surface area contributed by atoms with E-state index < -0.39 is 0 Å². The maximum absolute atomic E-state index is 10.8. The molecule has 1 atom stereocenters. The molecule has 0 heterocycles. The quantitative estimate of drug-likeness (QED) is 0.509. The van der Waals surface area contributed by atoms with Crippen LogP contribution in [0.2, 0.25) is 0 Å². The maximum atomic E-state index is 10.8. The number of allylic oxidation sites excluding steroid dienone is 2. The number of nitrogens with one attached hydrogen (secondary N) is 1. The molecule has 1 unspecified atom stereocenters. The SMILES string of the molecule is O=[N+]([O-])c1cccc(CNCC2CC=CCC2)c1Br. The van der Waals surface area contributed by atoms with Crippen LogP contribution < -0.4 is 5.32 Å². The summed E-state index contributed by atoms with van der Waals surface area (Å²) in [6.45, 7) is 1.61. The fourth-order valence-electron chi connectivity index (χ4n) is 2.30. The fourth-order valence-corrected chi connectivity index (χ4v) is 2.85. The zero-order chi connectivity index (χ0) is 13.7. The molecule has 19 heavy (non-hydrogen) atoms. The van der Waals surface area contributed by atoms with Crippen LogP contribution in [0, 0.1) is 16.0 Å². The van der Waals surface area contributed by atoms with E-state index in [0.29, 0.717) is 16.9 Å². The summed E-state index contributed by atoms with van der Waals surface area (Å²) in [7, 11) is 0. The third kappa shape index (κ3) is 3.88. The fraction of sp³-hybridized carbons (Fsp3) is 0.429. The predicted octanol–water partition coefficient (Wildman–Crippen LogP) is 3.80. The van der Waals surface area contributed by atoms with Crippen LogP contribution in [0.4, 0.5) is 5.69 Å². The number of nitro benzene ring substituents is 1. The van der Waals surface area contributed by atoms with Crippen LogP contribution >= 0.6 is 15.9 Å². The van der Waals surface area contributed by atoms with Gasteiger partial charge in [0, 0.05) is 12.6 Å². The van der Waals surface area contributed by atoms with Gasteiger partial charge in [-0.05, 0) is 53.2 Å². The van der Waals surface area contributed by atoms with Gasteiger partial charge >= 0.3 is 0 Å². The summed E-state index contributed by atoms with van der Waals surface area (Å²) >= 11 is 3.32. The van der Waals surface area contributed by atoms with Crippen LogP contribution in [0.25, 0.3) is 0 Å². The minimum atomic E-state index is -0.362. The Bertz CT molecular complexity index is 488. The molecule has 1 aromatic carbocycles. The highest BCUT2D eigenvalue weighted by atomic mass is 79.9. The average molecular weight is 325 g/mol. The van der Waals surface area contributed by atoms with Gasteiger partial charge in [0.2, 0.25) is 0 Å². The maximum Gasteiger partial charge on any atom is 0.283 e. The molecule has 0 aromatic heterocycles. The van der Waals surface area contributed by atoms with E-state index in [2.05, 4.69) is 33.4 Å². The van der Waals surface area contributed by atoms with Gasteiger partial charge in [-0.2, -0.15) is 0 Å². The van der Waals surface area contributed by atoms with Crippen molar-refractivity contribution in [3.63, 3.8) is 0 Å². The third-order valence-corrected chi connectivity index (χ3v) is 4.30. The molecule has 2 rings (SSSR count). The lowest BCUT2D eigenvalue weighted by Gasteiger charge is -2.18. The summed E-state index contributed by atoms with van der Waals surface area (Å²) in [5.41, 5.74) is 1.06. The van der Waals surface area contributed by atoms with Crippen LogP contribution in [0.1, 0.15) is 24.8 Å². The van der Waals surface area contributed by atoms with E-state index in [-0.39, 0.29) is 10.6 Å². The van der Waals surface area contributed by atoms with Gasteiger partial charge in [0.25, 0.3) is 5.69 Å². The number of halogens is 1. The van der Waals surface area contributed by atoms with E-state index in [0.717, 1.165) is 24.9 Å². The van der Waals surface area contributed by atoms with Crippen LogP contribution in [0.3, 0.4) is 0 Å². The average Bonchev–Trinajstić information content (AvgIpc) is 2.41. The van der Waals surface area contributed by atoms with Crippen LogP contribution in [-0.4, -0.2) is 11.5 Å². The largest absolute Gasteiger partial charge is 0.312 e. The van der Waals surface area contributed by atoms with Crippen molar-refractivity contribution in [2.24, 2.45) is 5.92 Å². The Hall–Kier alpha value is -1.20. The molecule has 0 radical (unpaired) electrons. The summed E-state index contributed by atoms with van der Waals surface area (Å²) < 4.78 is 0.580. The first-order valence-corrected chi connectivity index (χ1v) is 7.25. The molecule has 5 heteroatoms. The van der Waals surface area contributed by atoms with Crippen molar-refractivity contribution >= 4 is 21.6 Å². The molecule has 102 valence electrons. The minimum Gasteiger partial charge on any atom is -0.312 e. The highest BCUT2D eigenvalue weighted by molar-refractivity contribution is 9.10. The Morgan fingerprint density at radius 3 is 2.95 bits per heavy atom. The number of nitrogens with zero attached hydrogens (tertiary/aromatic N) is 1. The molecular weight excluding hydrogens is 308 g/mol. The van der Waals surface area contributed by atoms with Gasteiger partial charge in [-0.3, -0.25) is 10.1 Å². The smallest absolute Gasteiger partial charge is 0.283 e. The van der Waals surface area contributed by atoms with Gasteiger partial charge in [0.1, 0.15) is 0 Å². The molecule has 1 aliphatic rings. The second-order valence-electron chi connectivity index (χ2n) is 4.79. The summed E-state index contributed by atoms with van der Waals surface area (Å²) in [5.74, 6) is 0.683. The van der Waals surface area contributed by atoms with Gasteiger partial charge in [-0.25, -0.2) is 0 Å². The lowest BCUT2D eigenvalue weighted by atomic mass is 9.94. The summed E-state index contributed by atoms with van der Waals surface area (Å²) in [6, 6.07) is 5.15. The van der Waals surface area contributed by atoms with Crippen molar-refractivity contribution < 1.29 is 4.92 Å². The Morgan fingerprint density at radius 2 is 2.26 bits per heavy atom. The molecular formula is C14H17BrN2O2. The first kappa shape index (κ1) is 14.2. The Kier molecular flexibility index (Phi) is 5.10. The molecule has 1 aromatic rings. The molecule has 0 bridgehead atoms. The molecule has 4 nitrogen and oxygen atoms in total. The van der Waals surface area contributed by atoms with Gasteiger partial charge in [0.15, 0.2) is 0 Å². The lowest BCUT2D eigenvalue weighted by molar-refractivity contribution is -0.385. The van der Waals surface area contributed by atoms with Gasteiger partial charge in [-0.15, -0.1) is 0 Å². The Labute approximate surface area is 121 Å². The van der Waals surface area contributed by atoms with Crippen LogP contribution in [0.5, 0.6) is 0 Å². The third-order valence-electron chi connectivity index (χ3n) is 3.38. The van der Waals surface area contributed by atoms with Crippen LogP contribution in [-0.2, 0) is 6.54 Å². The molecule has 0 fully saturated rings. The van der Waals surface area contributed by atoms with Gasteiger partial charge in [-0.1, -0.05) is 24.3 Å². The molecule has 0 saturated heterocycles. The molecule has 1 aliphatic carbocycles. The lowest BCUT2D eigenvalue weighted by Crippen LogP contribution is -2.23. The van der Waals surface area contributed by atoms with E-state index in [1.807, 2.05) is 6.07 Å². The van der Waals surface area contributed by atoms with Gasteiger partial charge in [0.05, 0.1) is 9.40 Å². The first-order valence-electron chi connectivity index (χ1n) is 6.46. The van der Waals surface area contributed by atoms with Crippen molar-refractivity contribution in [3.05, 3.63) is 50.5 Å². The van der Waals surface area contributed by atoms with E-state index in [4.69, 9.17) is 0 Å². The predicted molar refractivity (Wildman–Crippen MR) is 79.0 cm³/mol. The number of benzene rings is 1. The van der Waals surface area contributed by atoms with E-state index in [1.165, 1.54) is 12.5 Å². The van der Waals surface area contributed by atoms with Crippen molar-refractivity contribution in [1.29, 1.82) is 0 Å². The Balaban J connectivity index is 1.90. The van der Waals surface area contributed by atoms with Gasteiger partial charge < -0.3 is 5.32 Å². The number of rotatable bonds is 5. The van der Waals surface area contributed by atoms with Crippen molar-refractivity contribution in [2.45, 2.75) is 25.8 Å². The molecule has 1 N–H and O–H groups in total. The topological polar surface area (TPSA) is 55.2 Å². The second kappa shape index (κ2) is 6.82. The Morgan fingerprint density at radius 1 is 1.42 bits per heavy atom. The second-order valence-corrected chi connectivity index (χ2v) is 5.58. The standard InChI is InChI=1S/C14H17BrN2O2/c15-14-12(7-4-8-13(14)17(18)19)10-16-9-11-5-2-1-3-6-11/h1-2,4,7-8,11,16H,3,5-6,9-10H2. The highest BCUT2D eigenvalue weighted by Crippen LogP contribution is 2.28.